The quantitative estimate of drug-likeness (QED) is 0.732. The minimum atomic E-state index is -0.589. The Morgan fingerprint density at radius 1 is 1.17 bits per heavy atom. The van der Waals surface area contributed by atoms with Crippen LogP contribution in [0.15, 0.2) is 60.9 Å². The SMILES string of the molecule is NC(=O)c1ccc(F)c(NCc2cnn(Cc3ccccc3)c2)c1. The summed E-state index contributed by atoms with van der Waals surface area (Å²) in [6, 6.07) is 14.0. The third kappa shape index (κ3) is 3.78. The monoisotopic (exact) mass is 324 g/mol. The van der Waals surface area contributed by atoms with Crippen LogP contribution in [0, 0.1) is 5.82 Å². The van der Waals surface area contributed by atoms with Crippen LogP contribution in [0.3, 0.4) is 0 Å². The van der Waals surface area contributed by atoms with Gasteiger partial charge in [-0.25, -0.2) is 4.39 Å². The maximum atomic E-state index is 13.8. The topological polar surface area (TPSA) is 72.9 Å². The first-order chi connectivity index (χ1) is 11.6. The molecule has 1 amide bonds. The number of nitrogens with one attached hydrogen (secondary N) is 1. The number of rotatable bonds is 6. The maximum absolute atomic E-state index is 13.8. The number of anilines is 1. The Morgan fingerprint density at radius 2 is 1.96 bits per heavy atom. The number of carbonyl (C=O) groups excluding carboxylic acids is 1. The molecule has 0 bridgehead atoms. The van der Waals surface area contributed by atoms with E-state index in [4.69, 9.17) is 5.73 Å². The highest BCUT2D eigenvalue weighted by Crippen LogP contribution is 2.17. The van der Waals surface area contributed by atoms with Crippen molar-refractivity contribution in [3.05, 3.63) is 83.4 Å². The predicted molar refractivity (Wildman–Crippen MR) is 90.0 cm³/mol. The lowest BCUT2D eigenvalue weighted by molar-refractivity contribution is 0.100. The number of amides is 1. The van der Waals surface area contributed by atoms with E-state index >= 15 is 0 Å². The summed E-state index contributed by atoms with van der Waals surface area (Å²) < 4.78 is 15.6. The average molecular weight is 324 g/mol. The number of halogens is 1. The van der Waals surface area contributed by atoms with E-state index in [1.807, 2.05) is 41.2 Å². The molecular formula is C18H17FN4O. The predicted octanol–water partition coefficient (Wildman–Crippen LogP) is 2.78. The third-order valence-electron chi connectivity index (χ3n) is 3.61. The van der Waals surface area contributed by atoms with Gasteiger partial charge in [-0.2, -0.15) is 5.10 Å². The summed E-state index contributed by atoms with van der Waals surface area (Å²) >= 11 is 0. The van der Waals surface area contributed by atoms with Crippen molar-refractivity contribution in [2.75, 3.05) is 5.32 Å². The molecule has 0 atom stereocenters. The minimum Gasteiger partial charge on any atom is -0.378 e. The molecule has 0 unspecified atom stereocenters. The fourth-order valence-corrected chi connectivity index (χ4v) is 2.37. The van der Waals surface area contributed by atoms with E-state index in [9.17, 15) is 9.18 Å². The molecule has 3 N–H and O–H groups in total. The minimum absolute atomic E-state index is 0.238. The number of hydrogen-bond donors (Lipinski definition) is 2. The van der Waals surface area contributed by atoms with Crippen LogP contribution in [0.25, 0.3) is 0 Å². The molecule has 0 radical (unpaired) electrons. The first-order valence-electron chi connectivity index (χ1n) is 7.50. The summed E-state index contributed by atoms with van der Waals surface area (Å²) in [7, 11) is 0. The standard InChI is InChI=1S/C18H17FN4O/c19-16-7-6-15(18(20)24)8-17(16)21-9-14-10-22-23(12-14)11-13-4-2-1-3-5-13/h1-8,10,12,21H,9,11H2,(H2,20,24). The number of nitrogens with two attached hydrogens (primary N) is 1. The van der Waals surface area contributed by atoms with Gasteiger partial charge in [0.15, 0.2) is 0 Å². The molecule has 6 heteroatoms. The molecule has 122 valence electrons. The Bertz CT molecular complexity index is 845. The van der Waals surface area contributed by atoms with Gasteiger partial charge in [0, 0.05) is 23.9 Å². The highest BCUT2D eigenvalue weighted by Gasteiger charge is 2.07. The normalized spacial score (nSPS) is 10.5. The zero-order valence-electron chi connectivity index (χ0n) is 12.9. The Hall–Kier alpha value is -3.15. The molecule has 0 saturated heterocycles. The highest BCUT2D eigenvalue weighted by atomic mass is 19.1. The van der Waals surface area contributed by atoms with Crippen molar-refractivity contribution < 1.29 is 9.18 Å². The fourth-order valence-electron chi connectivity index (χ4n) is 2.37. The second-order valence-electron chi connectivity index (χ2n) is 5.44. The van der Waals surface area contributed by atoms with Crippen molar-refractivity contribution in [2.24, 2.45) is 5.73 Å². The van der Waals surface area contributed by atoms with E-state index in [1.54, 1.807) is 6.20 Å². The second-order valence-corrected chi connectivity index (χ2v) is 5.44. The van der Waals surface area contributed by atoms with Crippen molar-refractivity contribution in [1.82, 2.24) is 9.78 Å². The van der Waals surface area contributed by atoms with Gasteiger partial charge < -0.3 is 11.1 Å². The number of primary amides is 1. The van der Waals surface area contributed by atoms with Gasteiger partial charge in [-0.3, -0.25) is 9.48 Å². The lowest BCUT2D eigenvalue weighted by Gasteiger charge is -2.07. The van der Waals surface area contributed by atoms with Crippen molar-refractivity contribution >= 4 is 11.6 Å². The van der Waals surface area contributed by atoms with Gasteiger partial charge >= 0.3 is 0 Å². The van der Waals surface area contributed by atoms with E-state index in [0.29, 0.717) is 13.1 Å². The molecule has 0 aliphatic heterocycles. The summed E-state index contributed by atoms with van der Waals surface area (Å²) in [5.41, 5.74) is 7.78. The fraction of sp³-hybridized carbons (Fsp3) is 0.111. The van der Waals surface area contributed by atoms with E-state index < -0.39 is 11.7 Å². The Morgan fingerprint density at radius 3 is 2.71 bits per heavy atom. The molecule has 0 spiro atoms. The maximum Gasteiger partial charge on any atom is 0.248 e. The van der Waals surface area contributed by atoms with Gasteiger partial charge in [0.2, 0.25) is 5.91 Å². The van der Waals surface area contributed by atoms with Gasteiger partial charge in [0.25, 0.3) is 0 Å². The number of carbonyl (C=O) groups is 1. The molecular weight excluding hydrogens is 307 g/mol. The van der Waals surface area contributed by atoms with Gasteiger partial charge in [-0.15, -0.1) is 0 Å². The van der Waals surface area contributed by atoms with Crippen LogP contribution in [-0.4, -0.2) is 15.7 Å². The molecule has 0 aliphatic carbocycles. The van der Waals surface area contributed by atoms with Gasteiger partial charge in [-0.1, -0.05) is 30.3 Å². The smallest absolute Gasteiger partial charge is 0.248 e. The third-order valence-corrected chi connectivity index (χ3v) is 3.61. The molecule has 0 saturated carbocycles. The van der Waals surface area contributed by atoms with Crippen molar-refractivity contribution in [3.63, 3.8) is 0 Å². The molecule has 0 fully saturated rings. The first-order valence-corrected chi connectivity index (χ1v) is 7.50. The van der Waals surface area contributed by atoms with Crippen molar-refractivity contribution in [2.45, 2.75) is 13.1 Å². The Labute approximate surface area is 138 Å². The van der Waals surface area contributed by atoms with Gasteiger partial charge in [0.05, 0.1) is 18.4 Å². The van der Waals surface area contributed by atoms with Crippen LogP contribution < -0.4 is 11.1 Å². The molecule has 1 heterocycles. The Balaban J connectivity index is 1.65. The Kier molecular flexibility index (Phi) is 4.56. The molecule has 2 aromatic carbocycles. The van der Waals surface area contributed by atoms with Gasteiger partial charge in [-0.05, 0) is 23.8 Å². The van der Waals surface area contributed by atoms with Gasteiger partial charge in [0.1, 0.15) is 5.82 Å². The van der Waals surface area contributed by atoms with Crippen LogP contribution in [0.5, 0.6) is 0 Å². The lowest BCUT2D eigenvalue weighted by atomic mass is 10.2. The number of aromatic nitrogens is 2. The van der Waals surface area contributed by atoms with Crippen LogP contribution in [0.2, 0.25) is 0 Å². The van der Waals surface area contributed by atoms with Crippen LogP contribution in [-0.2, 0) is 13.1 Å². The van der Waals surface area contributed by atoms with Crippen LogP contribution in [0.4, 0.5) is 10.1 Å². The summed E-state index contributed by atoms with van der Waals surface area (Å²) in [6.45, 7) is 1.07. The summed E-state index contributed by atoms with van der Waals surface area (Å²) in [6.07, 6.45) is 3.63. The lowest BCUT2D eigenvalue weighted by Crippen LogP contribution is -2.12. The molecule has 5 nitrogen and oxygen atoms in total. The van der Waals surface area contributed by atoms with Crippen LogP contribution >= 0.6 is 0 Å². The van der Waals surface area contributed by atoms with E-state index in [-0.39, 0.29) is 11.3 Å². The first kappa shape index (κ1) is 15.7. The van der Waals surface area contributed by atoms with Crippen LogP contribution in [0.1, 0.15) is 21.5 Å². The summed E-state index contributed by atoms with van der Waals surface area (Å²) in [5.74, 6) is -1.02. The second kappa shape index (κ2) is 6.95. The van der Waals surface area contributed by atoms with E-state index in [1.165, 1.54) is 18.2 Å². The molecule has 0 aliphatic rings. The summed E-state index contributed by atoms with van der Waals surface area (Å²) in [4.78, 5) is 11.2. The zero-order valence-corrected chi connectivity index (χ0v) is 12.9. The zero-order chi connectivity index (χ0) is 16.9. The number of hydrogen-bond acceptors (Lipinski definition) is 3. The van der Waals surface area contributed by atoms with E-state index in [2.05, 4.69) is 10.4 Å². The van der Waals surface area contributed by atoms with Crippen molar-refractivity contribution in [1.29, 1.82) is 0 Å². The number of nitrogens with zero attached hydrogens (tertiary/aromatic N) is 2. The molecule has 3 rings (SSSR count). The molecule has 24 heavy (non-hydrogen) atoms. The average Bonchev–Trinajstić information content (AvgIpc) is 3.02. The van der Waals surface area contributed by atoms with Crippen molar-refractivity contribution in [3.8, 4) is 0 Å². The number of benzene rings is 2. The summed E-state index contributed by atoms with van der Waals surface area (Å²) in [5, 5.41) is 7.27. The largest absolute Gasteiger partial charge is 0.378 e. The molecule has 3 aromatic rings. The molecule has 1 aromatic heterocycles. The van der Waals surface area contributed by atoms with E-state index in [0.717, 1.165) is 11.1 Å². The highest BCUT2D eigenvalue weighted by molar-refractivity contribution is 5.93.